The van der Waals surface area contributed by atoms with E-state index in [-0.39, 0.29) is 12.4 Å². The van der Waals surface area contributed by atoms with E-state index in [2.05, 4.69) is 15.0 Å². The molecule has 2 aromatic rings. The molecule has 0 spiro atoms. The van der Waals surface area contributed by atoms with Crippen molar-refractivity contribution in [2.45, 2.75) is 6.61 Å². The van der Waals surface area contributed by atoms with Gasteiger partial charge in [-0.3, -0.25) is 0 Å². The van der Waals surface area contributed by atoms with Crippen LogP contribution in [0.2, 0.25) is 0 Å². The van der Waals surface area contributed by atoms with Gasteiger partial charge in [0.15, 0.2) is 16.6 Å². The number of nitrogens with two attached hydrogens (primary N) is 1. The van der Waals surface area contributed by atoms with Crippen molar-refractivity contribution >= 4 is 16.5 Å². The van der Waals surface area contributed by atoms with Gasteiger partial charge in [0.2, 0.25) is 0 Å². The first kappa shape index (κ1) is 11.7. The van der Waals surface area contributed by atoms with Crippen molar-refractivity contribution in [2.75, 3.05) is 5.43 Å². The lowest BCUT2D eigenvalue weighted by atomic mass is 10.3. The van der Waals surface area contributed by atoms with Crippen molar-refractivity contribution in [2.24, 2.45) is 5.84 Å². The van der Waals surface area contributed by atoms with E-state index in [4.69, 9.17) is 10.6 Å². The van der Waals surface area contributed by atoms with Crippen LogP contribution in [0.5, 0.6) is 5.75 Å². The first-order valence-electron chi connectivity index (χ1n) is 4.56. The minimum Gasteiger partial charge on any atom is -0.487 e. The molecule has 0 fully saturated rings. The van der Waals surface area contributed by atoms with Crippen LogP contribution in [-0.4, -0.2) is 9.59 Å². The van der Waals surface area contributed by atoms with Crippen LogP contribution >= 0.6 is 11.5 Å². The van der Waals surface area contributed by atoms with E-state index in [1.807, 2.05) is 0 Å². The smallest absolute Gasteiger partial charge is 0.162 e. The molecule has 1 aromatic carbocycles. The van der Waals surface area contributed by atoms with Gasteiger partial charge in [0.1, 0.15) is 18.1 Å². The molecule has 0 amide bonds. The Morgan fingerprint density at radius 2 is 2.18 bits per heavy atom. The Morgan fingerprint density at radius 3 is 2.88 bits per heavy atom. The van der Waals surface area contributed by atoms with Gasteiger partial charge in [-0.25, -0.2) is 14.6 Å². The average Bonchev–Trinajstić information content (AvgIpc) is 2.78. The predicted molar refractivity (Wildman–Crippen MR) is 58.4 cm³/mol. The molecule has 5 nitrogen and oxygen atoms in total. The molecule has 0 aliphatic carbocycles. The zero-order chi connectivity index (χ0) is 12.3. The number of nitrogens with zero attached hydrogens (tertiary/aromatic N) is 2. The Morgan fingerprint density at radius 1 is 1.35 bits per heavy atom. The lowest BCUT2D eigenvalue weighted by Crippen LogP contribution is -2.08. The van der Waals surface area contributed by atoms with Crippen molar-refractivity contribution < 1.29 is 13.5 Å². The number of aromatic nitrogens is 2. The summed E-state index contributed by atoms with van der Waals surface area (Å²) in [5.74, 6) is 3.55. The van der Waals surface area contributed by atoms with Gasteiger partial charge in [0.25, 0.3) is 0 Å². The monoisotopic (exact) mass is 258 g/mol. The van der Waals surface area contributed by atoms with Crippen LogP contribution in [0.25, 0.3) is 0 Å². The number of ether oxygens (including phenoxy) is 1. The number of nitrogen functional groups attached to an aromatic ring is 1. The van der Waals surface area contributed by atoms with E-state index < -0.39 is 11.6 Å². The molecule has 0 saturated carbocycles. The normalized spacial score (nSPS) is 10.3. The van der Waals surface area contributed by atoms with Crippen LogP contribution in [0, 0.1) is 11.6 Å². The molecule has 2 rings (SSSR count). The number of nitrogens with one attached hydrogen (secondary N) is 1. The quantitative estimate of drug-likeness (QED) is 0.644. The Labute approximate surface area is 99.3 Å². The standard InChI is InChI=1S/C9H8F2N4OS/c10-6-2-1-5(3-7(6)11)16-4-8-9(13-12)17-15-14-8/h1-3,13H,4,12H2. The fourth-order valence-electron chi connectivity index (χ4n) is 1.13. The highest BCUT2D eigenvalue weighted by atomic mass is 32.1. The van der Waals surface area contributed by atoms with E-state index in [1.165, 1.54) is 6.07 Å². The van der Waals surface area contributed by atoms with Gasteiger partial charge >= 0.3 is 0 Å². The fraction of sp³-hybridized carbons (Fsp3) is 0.111. The fourth-order valence-corrected chi connectivity index (χ4v) is 1.61. The molecule has 3 N–H and O–H groups in total. The third-order valence-electron chi connectivity index (χ3n) is 1.95. The maximum Gasteiger partial charge on any atom is 0.162 e. The second-order valence-electron chi connectivity index (χ2n) is 3.06. The summed E-state index contributed by atoms with van der Waals surface area (Å²) in [4.78, 5) is 0. The van der Waals surface area contributed by atoms with Gasteiger partial charge in [0.05, 0.1) is 0 Å². The summed E-state index contributed by atoms with van der Waals surface area (Å²) in [6.45, 7) is 0.0705. The molecule has 0 aliphatic heterocycles. The minimum absolute atomic E-state index is 0.0705. The van der Waals surface area contributed by atoms with Crippen LogP contribution in [0.1, 0.15) is 5.69 Å². The van der Waals surface area contributed by atoms with Crippen molar-refractivity contribution in [1.82, 2.24) is 9.59 Å². The molecule has 0 aliphatic rings. The molecular weight excluding hydrogens is 250 g/mol. The number of anilines is 1. The van der Waals surface area contributed by atoms with Gasteiger partial charge < -0.3 is 10.2 Å². The third kappa shape index (κ3) is 2.66. The summed E-state index contributed by atoms with van der Waals surface area (Å²) >= 11 is 1.08. The zero-order valence-corrected chi connectivity index (χ0v) is 9.30. The summed E-state index contributed by atoms with van der Waals surface area (Å²) in [6, 6.07) is 3.28. The average molecular weight is 258 g/mol. The molecule has 90 valence electrons. The van der Waals surface area contributed by atoms with Crippen molar-refractivity contribution in [3.8, 4) is 5.75 Å². The number of hydrogen-bond donors (Lipinski definition) is 2. The zero-order valence-electron chi connectivity index (χ0n) is 8.48. The summed E-state index contributed by atoms with van der Waals surface area (Å²) < 4.78 is 34.4. The van der Waals surface area contributed by atoms with E-state index >= 15 is 0 Å². The van der Waals surface area contributed by atoms with Crippen LogP contribution < -0.4 is 16.0 Å². The molecule has 1 heterocycles. The molecule has 1 aromatic heterocycles. The van der Waals surface area contributed by atoms with Crippen molar-refractivity contribution in [1.29, 1.82) is 0 Å². The molecular formula is C9H8F2N4OS. The second-order valence-corrected chi connectivity index (χ2v) is 3.81. The third-order valence-corrected chi connectivity index (χ3v) is 2.65. The first-order chi connectivity index (χ1) is 8.20. The maximum atomic E-state index is 12.9. The van der Waals surface area contributed by atoms with E-state index in [9.17, 15) is 8.78 Å². The van der Waals surface area contributed by atoms with Crippen LogP contribution in [0.3, 0.4) is 0 Å². The van der Waals surface area contributed by atoms with Crippen molar-refractivity contribution in [3.05, 3.63) is 35.5 Å². The number of hydrogen-bond acceptors (Lipinski definition) is 6. The van der Waals surface area contributed by atoms with Gasteiger partial charge in [0, 0.05) is 17.6 Å². The Hall–Kier alpha value is -1.80. The highest BCUT2D eigenvalue weighted by Crippen LogP contribution is 2.20. The molecule has 0 radical (unpaired) electrons. The minimum atomic E-state index is -0.962. The molecule has 0 saturated heterocycles. The summed E-state index contributed by atoms with van der Waals surface area (Å²) in [5, 5.41) is 4.34. The lowest BCUT2D eigenvalue weighted by molar-refractivity contribution is 0.299. The second kappa shape index (κ2) is 5.02. The van der Waals surface area contributed by atoms with E-state index in [0.717, 1.165) is 23.7 Å². The molecule has 0 atom stereocenters. The number of halogens is 2. The molecule has 17 heavy (non-hydrogen) atoms. The molecule has 8 heteroatoms. The van der Waals surface area contributed by atoms with Crippen molar-refractivity contribution in [3.63, 3.8) is 0 Å². The summed E-state index contributed by atoms with van der Waals surface area (Å²) in [7, 11) is 0. The largest absolute Gasteiger partial charge is 0.487 e. The Bertz CT molecular complexity index is 519. The number of benzene rings is 1. The predicted octanol–water partition coefficient (Wildman–Crippen LogP) is 1.68. The van der Waals surface area contributed by atoms with E-state index in [1.54, 1.807) is 0 Å². The number of rotatable bonds is 4. The SMILES string of the molecule is NNc1snnc1COc1ccc(F)c(F)c1. The maximum absolute atomic E-state index is 12.9. The summed E-state index contributed by atoms with van der Waals surface area (Å²) in [5.41, 5.74) is 2.91. The Balaban J connectivity index is 2.05. The van der Waals surface area contributed by atoms with Gasteiger partial charge in [-0.15, -0.1) is 5.10 Å². The lowest BCUT2D eigenvalue weighted by Gasteiger charge is -2.05. The van der Waals surface area contributed by atoms with Gasteiger partial charge in [-0.2, -0.15) is 0 Å². The van der Waals surface area contributed by atoms with Gasteiger partial charge in [-0.05, 0) is 12.1 Å². The highest BCUT2D eigenvalue weighted by Gasteiger charge is 2.08. The van der Waals surface area contributed by atoms with Gasteiger partial charge in [-0.1, -0.05) is 4.49 Å². The molecule has 0 unspecified atom stereocenters. The first-order valence-corrected chi connectivity index (χ1v) is 5.33. The van der Waals surface area contributed by atoms with E-state index in [0.29, 0.717) is 10.7 Å². The number of hydrazine groups is 1. The highest BCUT2D eigenvalue weighted by molar-refractivity contribution is 7.10. The summed E-state index contributed by atoms with van der Waals surface area (Å²) in [6.07, 6.45) is 0. The van der Waals surface area contributed by atoms with Crippen LogP contribution in [0.15, 0.2) is 18.2 Å². The van der Waals surface area contributed by atoms with Crippen LogP contribution in [0.4, 0.5) is 13.8 Å². The topological polar surface area (TPSA) is 73.1 Å². The molecule has 0 bridgehead atoms. The Kier molecular flexibility index (Phi) is 3.45. The van der Waals surface area contributed by atoms with Crippen LogP contribution in [-0.2, 0) is 6.61 Å².